The molecule has 3 rings (SSSR count). The summed E-state index contributed by atoms with van der Waals surface area (Å²) in [6, 6.07) is 19.3. The van der Waals surface area contributed by atoms with Crippen LogP contribution in [0.1, 0.15) is 49.6 Å². The highest BCUT2D eigenvalue weighted by Gasteiger charge is 2.12. The van der Waals surface area contributed by atoms with E-state index in [1.165, 1.54) is 16.8 Å². The zero-order valence-electron chi connectivity index (χ0n) is 14.7. The number of aryl methyl sites for hydroxylation is 1. The van der Waals surface area contributed by atoms with Gasteiger partial charge >= 0.3 is 0 Å². The number of aromatic nitrogens is 1. The normalized spacial score (nSPS) is 13.5. The summed E-state index contributed by atoms with van der Waals surface area (Å²) >= 11 is 1.71. The molecule has 0 N–H and O–H groups in total. The molecule has 1 heterocycles. The Morgan fingerprint density at radius 2 is 1.58 bits per heavy atom. The van der Waals surface area contributed by atoms with Gasteiger partial charge in [0.25, 0.3) is 0 Å². The maximum Gasteiger partial charge on any atom is 0.190 e. The monoisotopic (exact) mass is 336 g/mol. The van der Waals surface area contributed by atoms with E-state index in [0.717, 1.165) is 10.5 Å². The highest BCUT2D eigenvalue weighted by Crippen LogP contribution is 2.26. The third kappa shape index (κ3) is 3.36. The van der Waals surface area contributed by atoms with Crippen LogP contribution in [0, 0.1) is 6.92 Å². The van der Waals surface area contributed by atoms with E-state index in [-0.39, 0.29) is 6.04 Å². The summed E-state index contributed by atoms with van der Waals surface area (Å²) < 4.78 is 2.33. The van der Waals surface area contributed by atoms with Crippen molar-refractivity contribution in [2.24, 2.45) is 4.99 Å². The molecule has 1 atom stereocenters. The van der Waals surface area contributed by atoms with Crippen molar-refractivity contribution in [1.29, 1.82) is 0 Å². The Morgan fingerprint density at radius 1 is 0.917 bits per heavy atom. The molecule has 2 nitrogen and oxygen atoms in total. The molecule has 0 saturated heterocycles. The van der Waals surface area contributed by atoms with Gasteiger partial charge in [0.2, 0.25) is 0 Å². The van der Waals surface area contributed by atoms with Crippen LogP contribution in [0.2, 0.25) is 0 Å². The van der Waals surface area contributed by atoms with Crippen molar-refractivity contribution >= 4 is 17.0 Å². The number of benzene rings is 2. The Balaban J connectivity index is 2.12. The summed E-state index contributed by atoms with van der Waals surface area (Å²) in [5.41, 5.74) is 4.92. The second-order valence-corrected chi connectivity index (χ2v) is 7.28. The summed E-state index contributed by atoms with van der Waals surface area (Å²) in [5.74, 6) is 0.464. The smallest absolute Gasteiger partial charge is 0.190 e. The molecule has 0 amide bonds. The minimum Gasteiger partial charge on any atom is -0.314 e. The molecule has 3 aromatic rings. The van der Waals surface area contributed by atoms with Crippen LogP contribution in [-0.2, 0) is 0 Å². The van der Waals surface area contributed by atoms with E-state index in [1.54, 1.807) is 11.3 Å². The van der Waals surface area contributed by atoms with Crippen LogP contribution < -0.4 is 4.80 Å². The number of para-hydroxylation sites is 1. The Kier molecular flexibility index (Phi) is 5.00. The third-order valence-electron chi connectivity index (χ3n) is 4.37. The first-order valence-electron chi connectivity index (χ1n) is 8.43. The molecule has 1 aromatic heterocycles. The molecule has 0 saturated carbocycles. The van der Waals surface area contributed by atoms with Crippen LogP contribution in [0.25, 0.3) is 0 Å². The van der Waals surface area contributed by atoms with Crippen LogP contribution in [0.15, 0.2) is 65.0 Å². The predicted octanol–water partition coefficient (Wildman–Crippen LogP) is 5.82. The van der Waals surface area contributed by atoms with Crippen LogP contribution in [-0.4, -0.2) is 4.57 Å². The van der Waals surface area contributed by atoms with Crippen molar-refractivity contribution in [3.8, 4) is 0 Å². The van der Waals surface area contributed by atoms with Crippen LogP contribution >= 0.6 is 11.3 Å². The first-order valence-corrected chi connectivity index (χ1v) is 9.31. The Bertz CT molecular complexity index is 872. The maximum atomic E-state index is 5.01. The standard InChI is InChI=1S/C21H24N2S/c1-15(2)19-12-8-9-13-20(19)22-21-23(16(3)14-24-21)17(4)18-10-6-5-7-11-18/h5-15,17H,1-4H3. The Labute approximate surface area is 148 Å². The molecule has 0 fully saturated rings. The van der Waals surface area contributed by atoms with E-state index < -0.39 is 0 Å². The lowest BCUT2D eigenvalue weighted by Gasteiger charge is -2.16. The quantitative estimate of drug-likeness (QED) is 0.571. The SMILES string of the molecule is Cc1csc(=Nc2ccccc2C(C)C)n1C(C)c1ccccc1. The molecule has 0 radical (unpaired) electrons. The summed E-state index contributed by atoms with van der Waals surface area (Å²) in [7, 11) is 0. The van der Waals surface area contributed by atoms with Gasteiger partial charge in [-0.25, -0.2) is 4.99 Å². The van der Waals surface area contributed by atoms with E-state index in [4.69, 9.17) is 4.99 Å². The largest absolute Gasteiger partial charge is 0.314 e. The summed E-state index contributed by atoms with van der Waals surface area (Å²) in [4.78, 5) is 6.06. The fourth-order valence-electron chi connectivity index (χ4n) is 3.01. The van der Waals surface area contributed by atoms with Crippen molar-refractivity contribution < 1.29 is 0 Å². The molecule has 3 heteroatoms. The predicted molar refractivity (Wildman–Crippen MR) is 103 cm³/mol. The van der Waals surface area contributed by atoms with Crippen molar-refractivity contribution in [2.45, 2.75) is 39.7 Å². The second kappa shape index (κ2) is 7.18. The second-order valence-electron chi connectivity index (χ2n) is 6.44. The number of thiazole rings is 1. The van der Waals surface area contributed by atoms with Crippen molar-refractivity contribution in [2.75, 3.05) is 0 Å². The minimum atomic E-state index is 0.266. The number of rotatable bonds is 4. The van der Waals surface area contributed by atoms with Crippen molar-refractivity contribution in [3.63, 3.8) is 0 Å². The summed E-state index contributed by atoms with van der Waals surface area (Å²) in [6.07, 6.45) is 0. The molecule has 0 aliphatic carbocycles. The fourth-order valence-corrected chi connectivity index (χ4v) is 3.97. The number of hydrogen-bond donors (Lipinski definition) is 0. The van der Waals surface area contributed by atoms with Crippen LogP contribution in [0.3, 0.4) is 0 Å². The molecule has 0 bridgehead atoms. The van der Waals surface area contributed by atoms with E-state index in [1.807, 2.05) is 0 Å². The van der Waals surface area contributed by atoms with Crippen LogP contribution in [0.5, 0.6) is 0 Å². The van der Waals surface area contributed by atoms with Gasteiger partial charge in [-0.05, 0) is 37.0 Å². The summed E-state index contributed by atoms with van der Waals surface area (Å²) in [6.45, 7) is 8.83. The third-order valence-corrected chi connectivity index (χ3v) is 5.32. The molecule has 0 aliphatic rings. The molecule has 0 spiro atoms. The first kappa shape index (κ1) is 16.7. The highest BCUT2D eigenvalue weighted by atomic mass is 32.1. The van der Waals surface area contributed by atoms with Gasteiger partial charge in [-0.2, -0.15) is 0 Å². The maximum absolute atomic E-state index is 5.01. The minimum absolute atomic E-state index is 0.266. The zero-order valence-corrected chi connectivity index (χ0v) is 15.5. The zero-order chi connectivity index (χ0) is 17.1. The van der Waals surface area contributed by atoms with Gasteiger partial charge in [-0.15, -0.1) is 11.3 Å². The highest BCUT2D eigenvalue weighted by molar-refractivity contribution is 7.07. The van der Waals surface area contributed by atoms with Gasteiger partial charge in [-0.1, -0.05) is 62.4 Å². The molecule has 2 aromatic carbocycles. The lowest BCUT2D eigenvalue weighted by Crippen LogP contribution is -2.21. The van der Waals surface area contributed by atoms with E-state index in [2.05, 4.69) is 92.2 Å². The van der Waals surface area contributed by atoms with Crippen molar-refractivity contribution in [1.82, 2.24) is 4.57 Å². The fraction of sp³-hybridized carbons (Fsp3) is 0.286. The summed E-state index contributed by atoms with van der Waals surface area (Å²) in [5, 5.41) is 2.19. The van der Waals surface area contributed by atoms with Crippen molar-refractivity contribution in [3.05, 3.63) is 81.6 Å². The van der Waals surface area contributed by atoms with Gasteiger partial charge in [0.05, 0.1) is 11.7 Å². The Hall–Kier alpha value is -2.13. The van der Waals surface area contributed by atoms with Gasteiger partial charge < -0.3 is 4.57 Å². The lowest BCUT2D eigenvalue weighted by molar-refractivity contribution is 0.605. The average molecular weight is 337 g/mol. The van der Waals surface area contributed by atoms with Gasteiger partial charge in [0, 0.05) is 11.1 Å². The van der Waals surface area contributed by atoms with E-state index >= 15 is 0 Å². The molecular weight excluding hydrogens is 312 g/mol. The topological polar surface area (TPSA) is 17.3 Å². The van der Waals surface area contributed by atoms with Gasteiger partial charge in [0.15, 0.2) is 4.80 Å². The molecule has 0 aliphatic heterocycles. The molecule has 124 valence electrons. The molecular formula is C21H24N2S. The molecule has 1 unspecified atom stereocenters. The van der Waals surface area contributed by atoms with Crippen LogP contribution in [0.4, 0.5) is 5.69 Å². The first-order chi connectivity index (χ1) is 11.6. The number of hydrogen-bond acceptors (Lipinski definition) is 2. The average Bonchev–Trinajstić information content (AvgIpc) is 2.95. The lowest BCUT2D eigenvalue weighted by atomic mass is 10.0. The Morgan fingerprint density at radius 3 is 2.29 bits per heavy atom. The molecule has 24 heavy (non-hydrogen) atoms. The number of nitrogens with zero attached hydrogens (tertiary/aromatic N) is 2. The van der Waals surface area contributed by atoms with E-state index in [9.17, 15) is 0 Å². The van der Waals surface area contributed by atoms with Gasteiger partial charge in [-0.3, -0.25) is 0 Å². The van der Waals surface area contributed by atoms with Gasteiger partial charge in [0.1, 0.15) is 0 Å². The van der Waals surface area contributed by atoms with E-state index in [0.29, 0.717) is 5.92 Å².